The number of piperidine rings is 1. The predicted octanol–water partition coefficient (Wildman–Crippen LogP) is 2.96. The van der Waals surface area contributed by atoms with Crippen molar-refractivity contribution in [1.29, 1.82) is 0 Å². The Morgan fingerprint density at radius 2 is 2.25 bits per heavy atom. The molecule has 4 heterocycles. The summed E-state index contributed by atoms with van der Waals surface area (Å²) in [7, 11) is 0. The summed E-state index contributed by atoms with van der Waals surface area (Å²) >= 11 is 0. The first-order valence-electron chi connectivity index (χ1n) is 10.2. The van der Waals surface area contributed by atoms with Crippen LogP contribution >= 0.6 is 0 Å². The quantitative estimate of drug-likeness (QED) is 0.798. The van der Waals surface area contributed by atoms with Gasteiger partial charge in [-0.15, -0.1) is 0 Å². The lowest BCUT2D eigenvalue weighted by Gasteiger charge is -2.50. The van der Waals surface area contributed by atoms with E-state index in [1.807, 2.05) is 35.4 Å². The number of hydrogen-bond acceptors (Lipinski definition) is 4. The van der Waals surface area contributed by atoms with Gasteiger partial charge in [-0.05, 0) is 55.5 Å². The monoisotopic (exact) mass is 383 g/mol. The van der Waals surface area contributed by atoms with Gasteiger partial charge in [-0.3, -0.25) is 9.78 Å². The maximum absolute atomic E-state index is 12.8. The van der Waals surface area contributed by atoms with Crippen molar-refractivity contribution >= 4 is 5.91 Å². The fraction of sp³-hybridized carbons (Fsp3) is 0.545. The van der Waals surface area contributed by atoms with Crippen LogP contribution in [0.1, 0.15) is 36.9 Å². The number of aromatic nitrogens is 2. The van der Waals surface area contributed by atoms with Gasteiger partial charge in [0.05, 0.1) is 19.3 Å². The van der Waals surface area contributed by atoms with Crippen molar-refractivity contribution in [3.05, 3.63) is 54.1 Å². The van der Waals surface area contributed by atoms with Crippen molar-refractivity contribution in [2.24, 2.45) is 5.41 Å². The number of fused-ring (bicyclic) bond motifs is 1. The lowest BCUT2D eigenvalue weighted by atomic mass is 9.73. The van der Waals surface area contributed by atoms with E-state index in [0.717, 1.165) is 56.6 Å². The number of aromatic amines is 1. The summed E-state index contributed by atoms with van der Waals surface area (Å²) in [4.78, 5) is 22.1. The minimum atomic E-state index is -0.0916. The molecule has 1 N–H and O–H groups in total. The Labute approximate surface area is 166 Å². The molecule has 2 saturated heterocycles. The Bertz CT molecular complexity index is 750. The maximum atomic E-state index is 12.8. The van der Waals surface area contributed by atoms with Gasteiger partial charge in [-0.1, -0.05) is 0 Å². The first kappa shape index (κ1) is 19.2. The molecule has 28 heavy (non-hydrogen) atoms. The van der Waals surface area contributed by atoms with Gasteiger partial charge in [-0.2, -0.15) is 0 Å². The van der Waals surface area contributed by atoms with Crippen LogP contribution in [0.3, 0.4) is 0 Å². The highest BCUT2D eigenvalue weighted by Gasteiger charge is 2.47. The Balaban J connectivity index is 1.36. The van der Waals surface area contributed by atoms with E-state index in [9.17, 15) is 4.79 Å². The molecule has 2 fully saturated rings. The third-order valence-corrected chi connectivity index (χ3v) is 6.02. The minimum Gasteiger partial charge on any atom is -0.377 e. The van der Waals surface area contributed by atoms with E-state index >= 15 is 0 Å². The number of aryl methyl sites for hydroxylation is 1. The molecule has 6 nitrogen and oxygen atoms in total. The van der Waals surface area contributed by atoms with Gasteiger partial charge in [0.1, 0.15) is 0 Å². The van der Waals surface area contributed by atoms with Crippen molar-refractivity contribution in [2.45, 2.75) is 44.8 Å². The third-order valence-electron chi connectivity index (χ3n) is 6.02. The maximum Gasteiger partial charge on any atom is 0.222 e. The van der Waals surface area contributed by atoms with E-state index in [1.54, 1.807) is 12.4 Å². The van der Waals surface area contributed by atoms with Crippen molar-refractivity contribution in [2.75, 3.05) is 26.3 Å². The molecule has 2 aliphatic heterocycles. The van der Waals surface area contributed by atoms with E-state index in [0.29, 0.717) is 19.6 Å². The molecule has 0 bridgehead atoms. The molecule has 150 valence electrons. The third kappa shape index (κ3) is 4.45. The number of amides is 1. The average Bonchev–Trinajstić information content (AvgIpc) is 3.26. The molecule has 6 heteroatoms. The minimum absolute atomic E-state index is 0.0916. The Kier molecular flexibility index (Phi) is 6.07. The molecular weight excluding hydrogens is 354 g/mol. The number of H-pyrrole nitrogens is 1. The molecule has 2 atom stereocenters. The molecule has 2 aromatic heterocycles. The number of nitrogens with one attached hydrogen (secondary N) is 1. The molecule has 0 aliphatic carbocycles. The van der Waals surface area contributed by atoms with Crippen LogP contribution in [0.15, 0.2) is 42.9 Å². The second-order valence-corrected chi connectivity index (χ2v) is 7.97. The van der Waals surface area contributed by atoms with Crippen LogP contribution in [0.4, 0.5) is 0 Å². The van der Waals surface area contributed by atoms with E-state index in [4.69, 9.17) is 9.47 Å². The Morgan fingerprint density at radius 3 is 3.07 bits per heavy atom. The molecule has 4 rings (SSSR count). The highest BCUT2D eigenvalue weighted by molar-refractivity contribution is 5.76. The number of likely N-dealkylation sites (tertiary alicyclic amines) is 1. The second kappa shape index (κ2) is 8.88. The molecule has 1 amide bonds. The Morgan fingerprint density at radius 1 is 1.36 bits per heavy atom. The van der Waals surface area contributed by atoms with Crippen LogP contribution < -0.4 is 0 Å². The van der Waals surface area contributed by atoms with Crippen molar-refractivity contribution in [3.8, 4) is 0 Å². The van der Waals surface area contributed by atoms with E-state index in [1.165, 1.54) is 0 Å². The van der Waals surface area contributed by atoms with Crippen LogP contribution in [0.2, 0.25) is 0 Å². The van der Waals surface area contributed by atoms with Crippen LogP contribution in [-0.2, 0) is 27.3 Å². The fourth-order valence-electron chi connectivity index (χ4n) is 4.49. The lowest BCUT2D eigenvalue weighted by Crippen LogP contribution is -2.58. The molecule has 0 aromatic carbocycles. The van der Waals surface area contributed by atoms with Crippen molar-refractivity contribution in [3.63, 3.8) is 0 Å². The summed E-state index contributed by atoms with van der Waals surface area (Å²) in [5.41, 5.74) is 2.14. The standard InChI is InChI=1S/C22H29N3O3/c26-21(5-4-19-3-1-10-24-19)25-13-8-20-22(16-25,9-2-14-28-20)17-27-15-18-6-11-23-12-7-18/h1,3,6-7,10-12,20,24H,2,4-5,8-9,13-17H2. The molecule has 0 saturated carbocycles. The van der Waals surface area contributed by atoms with Crippen molar-refractivity contribution < 1.29 is 14.3 Å². The lowest BCUT2D eigenvalue weighted by molar-refractivity contribution is -0.166. The number of rotatable bonds is 7. The van der Waals surface area contributed by atoms with Crippen LogP contribution in [0.5, 0.6) is 0 Å². The number of nitrogens with zero attached hydrogens (tertiary/aromatic N) is 2. The zero-order chi connectivity index (χ0) is 19.2. The van der Waals surface area contributed by atoms with E-state index in [2.05, 4.69) is 9.97 Å². The first-order chi connectivity index (χ1) is 13.8. The van der Waals surface area contributed by atoms with Gasteiger partial charge in [-0.25, -0.2) is 0 Å². The van der Waals surface area contributed by atoms with Gasteiger partial charge in [0, 0.05) is 55.8 Å². The topological polar surface area (TPSA) is 67.5 Å². The van der Waals surface area contributed by atoms with Gasteiger partial charge in [0.2, 0.25) is 5.91 Å². The SMILES string of the molecule is O=C(CCc1ccc[nH]1)N1CCC2OCCCC2(COCc2ccncc2)C1. The van der Waals surface area contributed by atoms with Crippen LogP contribution in [-0.4, -0.2) is 53.2 Å². The molecular formula is C22H29N3O3. The van der Waals surface area contributed by atoms with Crippen LogP contribution in [0, 0.1) is 5.41 Å². The smallest absolute Gasteiger partial charge is 0.222 e. The van der Waals surface area contributed by atoms with Gasteiger partial charge < -0.3 is 19.4 Å². The molecule has 0 spiro atoms. The number of pyridine rings is 1. The summed E-state index contributed by atoms with van der Waals surface area (Å²) in [6, 6.07) is 7.95. The highest BCUT2D eigenvalue weighted by atomic mass is 16.5. The van der Waals surface area contributed by atoms with Gasteiger partial charge in [0.15, 0.2) is 0 Å². The zero-order valence-electron chi connectivity index (χ0n) is 16.3. The number of carbonyl (C=O) groups is 1. The average molecular weight is 383 g/mol. The normalized spacial score (nSPS) is 24.7. The first-order valence-corrected chi connectivity index (χ1v) is 10.2. The summed E-state index contributed by atoms with van der Waals surface area (Å²) in [5, 5.41) is 0. The summed E-state index contributed by atoms with van der Waals surface area (Å²) in [6.07, 6.45) is 9.93. The van der Waals surface area contributed by atoms with Crippen LogP contribution in [0.25, 0.3) is 0 Å². The summed E-state index contributed by atoms with van der Waals surface area (Å²) < 4.78 is 12.2. The van der Waals surface area contributed by atoms with E-state index < -0.39 is 0 Å². The second-order valence-electron chi connectivity index (χ2n) is 7.97. The molecule has 2 unspecified atom stereocenters. The molecule has 2 aliphatic rings. The summed E-state index contributed by atoms with van der Waals surface area (Å²) in [5.74, 6) is 0.229. The zero-order valence-corrected chi connectivity index (χ0v) is 16.3. The van der Waals surface area contributed by atoms with Gasteiger partial charge in [0.25, 0.3) is 0 Å². The molecule has 0 radical (unpaired) electrons. The molecule has 2 aromatic rings. The fourth-order valence-corrected chi connectivity index (χ4v) is 4.49. The largest absolute Gasteiger partial charge is 0.377 e. The number of ether oxygens (including phenoxy) is 2. The van der Waals surface area contributed by atoms with E-state index in [-0.39, 0.29) is 17.4 Å². The van der Waals surface area contributed by atoms with Crippen molar-refractivity contribution in [1.82, 2.24) is 14.9 Å². The Hall–Kier alpha value is -2.18. The number of carbonyl (C=O) groups excluding carboxylic acids is 1. The van der Waals surface area contributed by atoms with Gasteiger partial charge >= 0.3 is 0 Å². The summed E-state index contributed by atoms with van der Waals surface area (Å²) in [6.45, 7) is 3.52. The highest BCUT2D eigenvalue weighted by Crippen LogP contribution is 2.40. The predicted molar refractivity (Wildman–Crippen MR) is 106 cm³/mol. The number of hydrogen-bond donors (Lipinski definition) is 1.